The van der Waals surface area contributed by atoms with Crippen molar-refractivity contribution < 1.29 is 14.3 Å². The van der Waals surface area contributed by atoms with Gasteiger partial charge >= 0.3 is 5.97 Å². The lowest BCUT2D eigenvalue weighted by molar-refractivity contribution is 0.0509. The predicted octanol–water partition coefficient (Wildman–Crippen LogP) is 6.50. The maximum absolute atomic E-state index is 12.6. The molecule has 0 atom stereocenters. The normalized spacial score (nSPS) is 11.3. The zero-order chi connectivity index (χ0) is 23.8. The molecule has 0 fully saturated rings. The molecule has 0 saturated carbocycles. The van der Waals surface area contributed by atoms with Crippen molar-refractivity contribution in [3.63, 3.8) is 0 Å². The van der Waals surface area contributed by atoms with Crippen LogP contribution in [0.25, 0.3) is 26.0 Å². The van der Waals surface area contributed by atoms with Crippen molar-refractivity contribution in [1.82, 2.24) is 15.1 Å². The molecule has 10 heteroatoms. The number of carbonyl (C=O) groups excluding carboxylic acids is 2. The molecular formula is C24H17Cl2N3O3S2. The van der Waals surface area contributed by atoms with Crippen molar-refractivity contribution in [2.24, 2.45) is 0 Å². The van der Waals surface area contributed by atoms with E-state index < -0.39 is 5.97 Å². The minimum absolute atomic E-state index is 0.0453. The van der Waals surface area contributed by atoms with Crippen LogP contribution in [-0.2, 0) is 4.74 Å². The lowest BCUT2D eigenvalue weighted by Gasteiger charge is -2.05. The van der Waals surface area contributed by atoms with Gasteiger partial charge in [0, 0.05) is 20.5 Å². The molecule has 172 valence electrons. The zero-order valence-corrected chi connectivity index (χ0v) is 20.9. The number of ether oxygens (including phenoxy) is 1. The maximum atomic E-state index is 12.6. The van der Waals surface area contributed by atoms with E-state index in [0.29, 0.717) is 19.8 Å². The Morgan fingerprint density at radius 1 is 1.06 bits per heavy atom. The summed E-state index contributed by atoms with van der Waals surface area (Å²) in [5.74, 6) is -0.736. The average Bonchev–Trinajstić information content (AvgIpc) is 3.51. The van der Waals surface area contributed by atoms with Gasteiger partial charge in [0.05, 0.1) is 22.9 Å². The highest BCUT2D eigenvalue weighted by molar-refractivity contribution is 7.21. The minimum Gasteiger partial charge on any atom is -0.460 e. The molecule has 0 saturated heterocycles. The third-order valence-electron chi connectivity index (χ3n) is 5.18. The second-order valence-corrected chi connectivity index (χ2v) is 10.3. The molecule has 3 heterocycles. The van der Waals surface area contributed by atoms with Gasteiger partial charge in [-0.2, -0.15) is 5.10 Å². The standard InChI is InChI=1S/C24H17Cl2N3O3S2/c1-13-17-12-19(34-23(17)29(28-13)15-8-6-14(25)7-9-15)24(31)32-11-10-27-22(30)21-20(26)16-4-2-3-5-18(16)33-21/h2-9,12H,10-11H2,1H3,(H,27,30). The maximum Gasteiger partial charge on any atom is 0.348 e. The summed E-state index contributed by atoms with van der Waals surface area (Å²) >= 11 is 15.0. The summed E-state index contributed by atoms with van der Waals surface area (Å²) in [7, 11) is 0. The van der Waals surface area contributed by atoms with Crippen LogP contribution in [0, 0.1) is 6.92 Å². The van der Waals surface area contributed by atoms with Crippen LogP contribution in [-0.4, -0.2) is 34.8 Å². The van der Waals surface area contributed by atoms with Gasteiger partial charge in [-0.1, -0.05) is 41.4 Å². The zero-order valence-electron chi connectivity index (χ0n) is 17.8. The van der Waals surface area contributed by atoms with E-state index in [1.165, 1.54) is 22.7 Å². The Balaban J connectivity index is 1.23. The number of nitrogens with zero attached hydrogens (tertiary/aromatic N) is 2. The second kappa shape index (κ2) is 9.38. The monoisotopic (exact) mass is 529 g/mol. The fourth-order valence-corrected chi connectivity index (χ4v) is 6.16. The van der Waals surface area contributed by atoms with Gasteiger partial charge in [-0.05, 0) is 43.3 Å². The van der Waals surface area contributed by atoms with Crippen LogP contribution in [0.5, 0.6) is 0 Å². The highest BCUT2D eigenvalue weighted by atomic mass is 35.5. The number of hydrogen-bond donors (Lipinski definition) is 1. The first kappa shape index (κ1) is 22.9. The number of fused-ring (bicyclic) bond motifs is 2. The van der Waals surface area contributed by atoms with Crippen molar-refractivity contribution in [2.45, 2.75) is 6.92 Å². The summed E-state index contributed by atoms with van der Waals surface area (Å²) in [5.41, 5.74) is 1.67. The Morgan fingerprint density at radius 3 is 2.59 bits per heavy atom. The summed E-state index contributed by atoms with van der Waals surface area (Å²) in [5, 5.41) is 10.1. The van der Waals surface area contributed by atoms with Gasteiger partial charge in [-0.3, -0.25) is 4.79 Å². The number of benzene rings is 2. The molecule has 2 aromatic carbocycles. The lowest BCUT2D eigenvalue weighted by atomic mass is 10.2. The van der Waals surface area contributed by atoms with E-state index >= 15 is 0 Å². The first-order chi connectivity index (χ1) is 16.4. The highest BCUT2D eigenvalue weighted by Gasteiger charge is 2.19. The fourth-order valence-electron chi connectivity index (χ4n) is 3.52. The topological polar surface area (TPSA) is 73.2 Å². The number of aryl methyl sites for hydroxylation is 1. The molecule has 5 aromatic rings. The van der Waals surface area contributed by atoms with Crippen LogP contribution in [0.2, 0.25) is 10.0 Å². The number of amides is 1. The molecule has 0 aliphatic rings. The fraction of sp³-hybridized carbons (Fsp3) is 0.125. The van der Waals surface area contributed by atoms with Crippen molar-refractivity contribution in [1.29, 1.82) is 0 Å². The highest BCUT2D eigenvalue weighted by Crippen LogP contribution is 2.35. The number of carbonyl (C=O) groups is 2. The smallest absolute Gasteiger partial charge is 0.348 e. The third-order valence-corrected chi connectivity index (χ3v) is 8.20. The molecule has 0 bridgehead atoms. The Labute approximate surface area is 212 Å². The van der Waals surface area contributed by atoms with Crippen LogP contribution in [0.4, 0.5) is 0 Å². The minimum atomic E-state index is -0.447. The quantitative estimate of drug-likeness (QED) is 0.201. The molecule has 3 aromatic heterocycles. The number of rotatable bonds is 6. The summed E-state index contributed by atoms with van der Waals surface area (Å²) in [4.78, 5) is 26.9. The molecule has 1 amide bonds. The van der Waals surface area contributed by atoms with Crippen LogP contribution in [0.1, 0.15) is 25.0 Å². The largest absolute Gasteiger partial charge is 0.460 e. The number of thiophene rings is 2. The van der Waals surface area contributed by atoms with Gasteiger partial charge in [0.2, 0.25) is 0 Å². The Bertz CT molecular complexity index is 1540. The van der Waals surface area contributed by atoms with E-state index in [4.69, 9.17) is 27.9 Å². The summed E-state index contributed by atoms with van der Waals surface area (Å²) in [6, 6.07) is 16.7. The summed E-state index contributed by atoms with van der Waals surface area (Å²) in [6.45, 7) is 2.12. The third kappa shape index (κ3) is 4.30. The predicted molar refractivity (Wildman–Crippen MR) is 138 cm³/mol. The second-order valence-electron chi connectivity index (χ2n) is 7.44. The molecule has 6 nitrogen and oxygen atoms in total. The molecule has 0 aliphatic carbocycles. The van der Waals surface area contributed by atoms with E-state index in [0.717, 1.165) is 31.7 Å². The van der Waals surface area contributed by atoms with E-state index in [9.17, 15) is 9.59 Å². The molecule has 0 unspecified atom stereocenters. The van der Waals surface area contributed by atoms with Gasteiger partial charge in [0.15, 0.2) is 0 Å². The van der Waals surface area contributed by atoms with Crippen LogP contribution >= 0.6 is 45.9 Å². The molecule has 1 N–H and O–H groups in total. The number of halogens is 2. The average molecular weight is 530 g/mol. The van der Waals surface area contributed by atoms with Gasteiger partial charge in [0.1, 0.15) is 21.2 Å². The molecule has 0 spiro atoms. The van der Waals surface area contributed by atoms with Gasteiger partial charge in [-0.15, -0.1) is 22.7 Å². The van der Waals surface area contributed by atoms with Crippen molar-refractivity contribution in [3.05, 3.63) is 80.1 Å². The molecular weight excluding hydrogens is 513 g/mol. The SMILES string of the molecule is Cc1nn(-c2ccc(Cl)cc2)c2sc(C(=O)OCCNC(=O)c3sc4ccccc4c3Cl)cc12. The Morgan fingerprint density at radius 2 is 1.82 bits per heavy atom. The van der Waals surface area contributed by atoms with E-state index in [1.807, 2.05) is 43.3 Å². The van der Waals surface area contributed by atoms with Gasteiger partial charge in [0.25, 0.3) is 5.91 Å². The first-order valence-electron chi connectivity index (χ1n) is 10.3. The Hall–Kier alpha value is -2.91. The molecule has 0 aliphatic heterocycles. The molecule has 34 heavy (non-hydrogen) atoms. The van der Waals surface area contributed by atoms with Crippen LogP contribution in [0.3, 0.4) is 0 Å². The lowest BCUT2D eigenvalue weighted by Crippen LogP contribution is -2.27. The van der Waals surface area contributed by atoms with Crippen molar-refractivity contribution in [3.8, 4) is 5.69 Å². The van der Waals surface area contributed by atoms with Crippen LogP contribution in [0.15, 0.2) is 54.6 Å². The van der Waals surface area contributed by atoms with Crippen molar-refractivity contribution >= 4 is 78.1 Å². The first-order valence-corrected chi connectivity index (χ1v) is 12.7. The number of esters is 1. The van der Waals surface area contributed by atoms with Crippen LogP contribution < -0.4 is 5.32 Å². The van der Waals surface area contributed by atoms with E-state index in [1.54, 1.807) is 22.9 Å². The number of hydrogen-bond acceptors (Lipinski definition) is 6. The molecule has 0 radical (unpaired) electrons. The number of aromatic nitrogens is 2. The van der Waals surface area contributed by atoms with Crippen molar-refractivity contribution in [2.75, 3.05) is 13.2 Å². The van der Waals surface area contributed by atoms with Gasteiger partial charge < -0.3 is 10.1 Å². The van der Waals surface area contributed by atoms with Gasteiger partial charge in [-0.25, -0.2) is 9.48 Å². The summed E-state index contributed by atoms with van der Waals surface area (Å²) in [6.07, 6.45) is 0. The summed E-state index contributed by atoms with van der Waals surface area (Å²) < 4.78 is 8.12. The number of nitrogens with one attached hydrogen (secondary N) is 1. The van der Waals surface area contributed by atoms with E-state index in [-0.39, 0.29) is 19.1 Å². The van der Waals surface area contributed by atoms with E-state index in [2.05, 4.69) is 10.4 Å². The Kier molecular flexibility index (Phi) is 6.31. The molecule has 5 rings (SSSR count).